The van der Waals surface area contributed by atoms with E-state index in [2.05, 4.69) is 0 Å². The van der Waals surface area contributed by atoms with Crippen LogP contribution in [0.5, 0.6) is 0 Å². The molecule has 0 aliphatic rings. The first-order valence-corrected chi connectivity index (χ1v) is 4.86. The molecule has 0 bridgehead atoms. The number of aliphatic hydroxyl groups excluding tert-OH is 1. The molecule has 0 amide bonds. The molecule has 1 rings (SSSR count). The van der Waals surface area contributed by atoms with Gasteiger partial charge in [-0.15, -0.1) is 0 Å². The van der Waals surface area contributed by atoms with E-state index < -0.39 is 0 Å². The standard InChI is InChI=1S/C11H17N3O/c1-14(6-7-15)8-9-2-4-10(5-3-9)11(12)13/h2-5,15H,6-8H2,1H3,(H3,12,13). The van der Waals surface area contributed by atoms with E-state index in [1.165, 1.54) is 0 Å². The van der Waals surface area contributed by atoms with Gasteiger partial charge in [0.1, 0.15) is 5.84 Å². The Bertz CT molecular complexity index is 321. The van der Waals surface area contributed by atoms with E-state index in [4.69, 9.17) is 16.2 Å². The predicted octanol–water partition coefficient (Wildman–Crippen LogP) is 0.395. The molecule has 82 valence electrons. The Morgan fingerprint density at radius 2 is 2.00 bits per heavy atom. The fraction of sp³-hybridized carbons (Fsp3) is 0.364. The molecule has 0 aliphatic heterocycles. The lowest BCUT2D eigenvalue weighted by Gasteiger charge is -2.14. The van der Waals surface area contributed by atoms with Gasteiger partial charge in [-0.3, -0.25) is 10.3 Å². The minimum absolute atomic E-state index is 0.0882. The molecule has 15 heavy (non-hydrogen) atoms. The molecule has 0 unspecified atom stereocenters. The molecule has 0 saturated carbocycles. The third kappa shape index (κ3) is 3.69. The number of amidine groups is 1. The van der Waals surface area contributed by atoms with Gasteiger partial charge in [-0.05, 0) is 12.6 Å². The minimum atomic E-state index is 0.0882. The lowest BCUT2D eigenvalue weighted by atomic mass is 10.1. The van der Waals surface area contributed by atoms with Crippen molar-refractivity contribution in [2.24, 2.45) is 5.73 Å². The number of nitrogens with zero attached hydrogens (tertiary/aromatic N) is 1. The first-order chi connectivity index (χ1) is 7.13. The Balaban J connectivity index is 2.60. The van der Waals surface area contributed by atoms with Gasteiger partial charge in [0.05, 0.1) is 6.61 Å². The smallest absolute Gasteiger partial charge is 0.122 e. The summed E-state index contributed by atoms with van der Waals surface area (Å²) >= 11 is 0. The van der Waals surface area contributed by atoms with Crippen molar-refractivity contribution in [3.63, 3.8) is 0 Å². The number of rotatable bonds is 5. The average Bonchev–Trinajstić information content (AvgIpc) is 2.18. The zero-order valence-electron chi connectivity index (χ0n) is 8.90. The molecule has 0 fully saturated rings. The van der Waals surface area contributed by atoms with E-state index in [9.17, 15) is 0 Å². The summed E-state index contributed by atoms with van der Waals surface area (Å²) in [4.78, 5) is 2.03. The number of likely N-dealkylation sites (N-methyl/N-ethyl adjacent to an activating group) is 1. The molecule has 0 radical (unpaired) electrons. The van der Waals surface area contributed by atoms with Crippen molar-refractivity contribution >= 4 is 5.84 Å². The van der Waals surface area contributed by atoms with Crippen molar-refractivity contribution in [3.8, 4) is 0 Å². The number of nitrogens with one attached hydrogen (secondary N) is 1. The average molecular weight is 207 g/mol. The predicted molar refractivity (Wildman–Crippen MR) is 60.9 cm³/mol. The molecule has 1 aromatic carbocycles. The van der Waals surface area contributed by atoms with Crippen molar-refractivity contribution < 1.29 is 5.11 Å². The zero-order chi connectivity index (χ0) is 11.3. The zero-order valence-corrected chi connectivity index (χ0v) is 8.90. The Morgan fingerprint density at radius 1 is 1.40 bits per heavy atom. The van der Waals surface area contributed by atoms with Crippen LogP contribution < -0.4 is 5.73 Å². The molecule has 4 nitrogen and oxygen atoms in total. The molecule has 1 aromatic rings. The maximum Gasteiger partial charge on any atom is 0.122 e. The van der Waals surface area contributed by atoms with Crippen LogP contribution in [-0.2, 0) is 6.54 Å². The highest BCUT2D eigenvalue weighted by Crippen LogP contribution is 2.05. The molecule has 0 saturated heterocycles. The lowest BCUT2D eigenvalue weighted by Crippen LogP contribution is -2.21. The molecule has 0 heterocycles. The van der Waals surface area contributed by atoms with Gasteiger partial charge in [0.25, 0.3) is 0 Å². The van der Waals surface area contributed by atoms with Crippen molar-refractivity contribution in [1.82, 2.24) is 4.90 Å². The normalized spacial score (nSPS) is 10.6. The number of aliphatic hydroxyl groups is 1. The second-order valence-electron chi connectivity index (χ2n) is 3.57. The SMILES string of the molecule is CN(CCO)Cc1ccc(C(=N)N)cc1. The van der Waals surface area contributed by atoms with Crippen LogP contribution in [0.15, 0.2) is 24.3 Å². The van der Waals surface area contributed by atoms with Crippen molar-refractivity contribution in [3.05, 3.63) is 35.4 Å². The summed E-state index contributed by atoms with van der Waals surface area (Å²) < 4.78 is 0. The number of nitrogen functional groups attached to an aromatic ring is 1. The summed E-state index contributed by atoms with van der Waals surface area (Å²) in [6.07, 6.45) is 0. The Hall–Kier alpha value is -1.39. The van der Waals surface area contributed by atoms with Gasteiger partial charge >= 0.3 is 0 Å². The molecule has 4 heteroatoms. The minimum Gasteiger partial charge on any atom is -0.395 e. The Kier molecular flexibility index (Phi) is 4.27. The van der Waals surface area contributed by atoms with Crippen LogP contribution in [0.3, 0.4) is 0 Å². The van der Waals surface area contributed by atoms with Gasteiger partial charge in [0, 0.05) is 18.7 Å². The van der Waals surface area contributed by atoms with Crippen molar-refractivity contribution in [1.29, 1.82) is 5.41 Å². The highest BCUT2D eigenvalue weighted by atomic mass is 16.3. The first kappa shape index (κ1) is 11.7. The van der Waals surface area contributed by atoms with Crippen LogP contribution in [0.4, 0.5) is 0 Å². The molecule has 0 atom stereocenters. The second kappa shape index (κ2) is 5.48. The fourth-order valence-electron chi connectivity index (χ4n) is 1.35. The van der Waals surface area contributed by atoms with Crippen LogP contribution in [0.25, 0.3) is 0 Å². The third-order valence-electron chi connectivity index (χ3n) is 2.20. The number of nitrogens with two attached hydrogens (primary N) is 1. The van der Waals surface area contributed by atoms with Gasteiger partial charge in [-0.1, -0.05) is 24.3 Å². The van der Waals surface area contributed by atoms with Crippen LogP contribution in [0, 0.1) is 5.41 Å². The van der Waals surface area contributed by atoms with Crippen LogP contribution in [0.2, 0.25) is 0 Å². The molecular formula is C11H17N3O. The van der Waals surface area contributed by atoms with Crippen LogP contribution >= 0.6 is 0 Å². The molecule has 0 aromatic heterocycles. The number of hydrogen-bond acceptors (Lipinski definition) is 3. The van der Waals surface area contributed by atoms with E-state index in [1.807, 2.05) is 36.2 Å². The summed E-state index contributed by atoms with van der Waals surface area (Å²) in [7, 11) is 1.95. The van der Waals surface area contributed by atoms with Gasteiger partial charge in [0.2, 0.25) is 0 Å². The summed E-state index contributed by atoms with van der Waals surface area (Å²) in [6.45, 7) is 1.62. The van der Waals surface area contributed by atoms with E-state index in [0.717, 1.165) is 17.7 Å². The van der Waals surface area contributed by atoms with Gasteiger partial charge in [-0.2, -0.15) is 0 Å². The Morgan fingerprint density at radius 3 is 2.47 bits per heavy atom. The highest BCUT2D eigenvalue weighted by Gasteiger charge is 2.00. The molecule has 4 N–H and O–H groups in total. The maximum atomic E-state index is 8.75. The molecule has 0 aliphatic carbocycles. The third-order valence-corrected chi connectivity index (χ3v) is 2.20. The maximum absolute atomic E-state index is 8.75. The first-order valence-electron chi connectivity index (χ1n) is 4.86. The quantitative estimate of drug-likeness (QED) is 0.483. The van der Waals surface area contributed by atoms with E-state index in [-0.39, 0.29) is 12.4 Å². The van der Waals surface area contributed by atoms with Gasteiger partial charge in [0.15, 0.2) is 0 Å². The number of benzene rings is 1. The van der Waals surface area contributed by atoms with Gasteiger partial charge < -0.3 is 10.8 Å². The van der Waals surface area contributed by atoms with E-state index in [0.29, 0.717) is 6.54 Å². The summed E-state index contributed by atoms with van der Waals surface area (Å²) in [5, 5.41) is 16.0. The monoisotopic (exact) mass is 207 g/mol. The van der Waals surface area contributed by atoms with Gasteiger partial charge in [-0.25, -0.2) is 0 Å². The van der Waals surface area contributed by atoms with E-state index in [1.54, 1.807) is 0 Å². The second-order valence-corrected chi connectivity index (χ2v) is 3.57. The van der Waals surface area contributed by atoms with Crippen molar-refractivity contribution in [2.45, 2.75) is 6.54 Å². The molecular weight excluding hydrogens is 190 g/mol. The largest absolute Gasteiger partial charge is 0.395 e. The van der Waals surface area contributed by atoms with Crippen LogP contribution in [-0.4, -0.2) is 36.0 Å². The lowest BCUT2D eigenvalue weighted by molar-refractivity contribution is 0.217. The van der Waals surface area contributed by atoms with E-state index >= 15 is 0 Å². The Labute approximate surface area is 89.8 Å². The fourth-order valence-corrected chi connectivity index (χ4v) is 1.35. The highest BCUT2D eigenvalue weighted by molar-refractivity contribution is 5.94. The van der Waals surface area contributed by atoms with Crippen molar-refractivity contribution in [2.75, 3.05) is 20.2 Å². The number of hydrogen-bond donors (Lipinski definition) is 3. The molecule has 0 spiro atoms. The summed E-state index contributed by atoms with van der Waals surface area (Å²) in [5.41, 5.74) is 7.24. The summed E-state index contributed by atoms with van der Waals surface area (Å²) in [5.74, 6) is 0.0882. The summed E-state index contributed by atoms with van der Waals surface area (Å²) in [6, 6.07) is 7.57. The van der Waals surface area contributed by atoms with Crippen LogP contribution in [0.1, 0.15) is 11.1 Å². The topological polar surface area (TPSA) is 73.3 Å².